The van der Waals surface area contributed by atoms with Gasteiger partial charge in [-0.15, -0.1) is 0 Å². The molecule has 0 saturated carbocycles. The van der Waals surface area contributed by atoms with Crippen LogP contribution in [0.25, 0.3) is 6.08 Å². The number of carbonyl (C=O) groups excluding carboxylic acids is 2. The number of halogens is 1. The first kappa shape index (κ1) is 16.4. The highest BCUT2D eigenvalue weighted by atomic mass is 19.1. The molecule has 0 fully saturated rings. The molecule has 0 heterocycles. The zero-order chi connectivity index (χ0) is 15.8. The van der Waals surface area contributed by atoms with Crippen LogP contribution in [0.2, 0.25) is 0 Å². The van der Waals surface area contributed by atoms with Gasteiger partial charge in [-0.25, -0.2) is 9.18 Å². The Morgan fingerprint density at radius 1 is 1.33 bits per heavy atom. The smallest absolute Gasteiger partial charge is 0.326 e. The fourth-order valence-electron chi connectivity index (χ4n) is 1.54. The van der Waals surface area contributed by atoms with Gasteiger partial charge in [0.25, 0.3) is 0 Å². The molecule has 1 aromatic carbocycles. The summed E-state index contributed by atoms with van der Waals surface area (Å²) in [6.07, 6.45) is 1.99. The van der Waals surface area contributed by atoms with Gasteiger partial charge in [0.05, 0.1) is 0 Å². The summed E-state index contributed by atoms with van der Waals surface area (Å²) >= 11 is 0. The van der Waals surface area contributed by atoms with E-state index < -0.39 is 29.6 Å². The van der Waals surface area contributed by atoms with E-state index in [9.17, 15) is 18.8 Å². The fraction of sp³-hybridized carbons (Fsp3) is 0.214. The number of nitrogens with one attached hydrogen (secondary N) is 1. The first-order chi connectivity index (χ1) is 9.90. The Morgan fingerprint density at radius 2 is 2.00 bits per heavy atom. The molecular weight excluding hydrogens is 279 g/mol. The number of rotatable bonds is 7. The number of carbonyl (C=O) groups is 3. The molecule has 7 heteroatoms. The van der Waals surface area contributed by atoms with Crippen LogP contribution in [0.3, 0.4) is 0 Å². The number of amides is 2. The first-order valence-electron chi connectivity index (χ1n) is 6.14. The molecule has 0 spiro atoms. The van der Waals surface area contributed by atoms with Gasteiger partial charge < -0.3 is 16.2 Å². The van der Waals surface area contributed by atoms with Gasteiger partial charge in [-0.1, -0.05) is 18.2 Å². The van der Waals surface area contributed by atoms with E-state index in [1.165, 1.54) is 24.3 Å². The monoisotopic (exact) mass is 294 g/mol. The lowest BCUT2D eigenvalue weighted by atomic mass is 10.1. The first-order valence-corrected chi connectivity index (χ1v) is 6.14. The van der Waals surface area contributed by atoms with Gasteiger partial charge in [-0.2, -0.15) is 0 Å². The molecule has 0 aromatic heterocycles. The molecule has 0 aliphatic heterocycles. The topological polar surface area (TPSA) is 109 Å². The normalized spacial score (nSPS) is 12.0. The Kier molecular flexibility index (Phi) is 6.06. The highest BCUT2D eigenvalue weighted by Gasteiger charge is 2.19. The highest BCUT2D eigenvalue weighted by molar-refractivity contribution is 5.94. The van der Waals surface area contributed by atoms with Crippen LogP contribution in [0.5, 0.6) is 0 Å². The van der Waals surface area contributed by atoms with E-state index in [4.69, 9.17) is 10.8 Å². The van der Waals surface area contributed by atoms with Crippen LogP contribution in [-0.4, -0.2) is 28.9 Å². The summed E-state index contributed by atoms with van der Waals surface area (Å²) in [5.41, 5.74) is 5.13. The van der Waals surface area contributed by atoms with Crippen molar-refractivity contribution < 1.29 is 23.9 Å². The van der Waals surface area contributed by atoms with Crippen molar-refractivity contribution in [2.75, 3.05) is 0 Å². The van der Waals surface area contributed by atoms with Crippen LogP contribution in [-0.2, 0) is 14.4 Å². The van der Waals surface area contributed by atoms with Crippen molar-refractivity contribution in [1.29, 1.82) is 0 Å². The predicted molar refractivity (Wildman–Crippen MR) is 73.4 cm³/mol. The summed E-state index contributed by atoms with van der Waals surface area (Å²) in [6, 6.07) is 4.60. The molecule has 1 atom stereocenters. The van der Waals surface area contributed by atoms with Crippen molar-refractivity contribution in [3.05, 3.63) is 41.7 Å². The molecule has 0 aliphatic carbocycles. The molecule has 0 radical (unpaired) electrons. The van der Waals surface area contributed by atoms with E-state index in [2.05, 4.69) is 5.32 Å². The minimum Gasteiger partial charge on any atom is -0.480 e. The Labute approximate surface area is 120 Å². The summed E-state index contributed by atoms with van der Waals surface area (Å²) < 4.78 is 13.3. The molecule has 1 rings (SSSR count). The Balaban J connectivity index is 2.64. The van der Waals surface area contributed by atoms with Gasteiger partial charge in [0.1, 0.15) is 11.9 Å². The molecule has 0 saturated heterocycles. The third kappa shape index (κ3) is 5.85. The maximum Gasteiger partial charge on any atom is 0.326 e. The maximum atomic E-state index is 13.3. The van der Waals surface area contributed by atoms with Crippen LogP contribution in [0.15, 0.2) is 30.3 Å². The third-order valence-electron chi connectivity index (χ3n) is 2.61. The number of aliphatic carboxylic acids is 1. The van der Waals surface area contributed by atoms with E-state index in [1.807, 2.05) is 0 Å². The number of carboxylic acid groups (broad SMARTS) is 1. The van der Waals surface area contributed by atoms with Gasteiger partial charge in [-0.3, -0.25) is 9.59 Å². The van der Waals surface area contributed by atoms with E-state index in [1.54, 1.807) is 6.07 Å². The summed E-state index contributed by atoms with van der Waals surface area (Å²) in [4.78, 5) is 33.1. The Morgan fingerprint density at radius 3 is 2.57 bits per heavy atom. The lowest BCUT2D eigenvalue weighted by Crippen LogP contribution is -2.40. The average Bonchev–Trinajstić information content (AvgIpc) is 2.42. The molecule has 0 unspecified atom stereocenters. The summed E-state index contributed by atoms with van der Waals surface area (Å²) in [7, 11) is 0. The van der Waals surface area contributed by atoms with E-state index in [0.717, 1.165) is 6.08 Å². The SMILES string of the molecule is NC(=O)CC[C@H](NC(=O)/C=C/c1ccccc1F)C(=O)O. The molecule has 21 heavy (non-hydrogen) atoms. The molecule has 0 aliphatic rings. The number of hydrogen-bond acceptors (Lipinski definition) is 3. The summed E-state index contributed by atoms with van der Waals surface area (Å²) in [5.74, 6) is -3.12. The number of carboxylic acids is 1. The molecule has 6 nitrogen and oxygen atoms in total. The fourth-order valence-corrected chi connectivity index (χ4v) is 1.54. The van der Waals surface area contributed by atoms with Crippen LogP contribution >= 0.6 is 0 Å². The second kappa shape index (κ2) is 7.78. The minimum atomic E-state index is -1.27. The number of hydrogen-bond donors (Lipinski definition) is 3. The molecule has 4 N–H and O–H groups in total. The molecule has 112 valence electrons. The number of primary amides is 1. The zero-order valence-corrected chi connectivity index (χ0v) is 11.1. The second-order valence-electron chi connectivity index (χ2n) is 4.26. The quantitative estimate of drug-likeness (QED) is 0.642. The van der Waals surface area contributed by atoms with Gasteiger partial charge >= 0.3 is 5.97 Å². The zero-order valence-electron chi connectivity index (χ0n) is 11.1. The lowest BCUT2D eigenvalue weighted by molar-refractivity contribution is -0.141. The largest absolute Gasteiger partial charge is 0.480 e. The Hall–Kier alpha value is -2.70. The maximum absolute atomic E-state index is 13.3. The predicted octanol–water partition coefficient (Wildman–Crippen LogP) is 0.674. The van der Waals surface area contributed by atoms with Crippen molar-refractivity contribution in [1.82, 2.24) is 5.32 Å². The van der Waals surface area contributed by atoms with E-state index in [-0.39, 0.29) is 18.4 Å². The third-order valence-corrected chi connectivity index (χ3v) is 2.61. The van der Waals surface area contributed by atoms with Crippen molar-refractivity contribution in [3.63, 3.8) is 0 Å². The lowest BCUT2D eigenvalue weighted by Gasteiger charge is -2.11. The minimum absolute atomic E-state index is 0.107. The summed E-state index contributed by atoms with van der Waals surface area (Å²) in [5, 5.41) is 11.1. The molecule has 1 aromatic rings. The van der Waals surface area contributed by atoms with Crippen LogP contribution in [0.1, 0.15) is 18.4 Å². The van der Waals surface area contributed by atoms with Crippen LogP contribution in [0.4, 0.5) is 4.39 Å². The second-order valence-corrected chi connectivity index (χ2v) is 4.26. The van der Waals surface area contributed by atoms with Gasteiger partial charge in [0.2, 0.25) is 11.8 Å². The van der Waals surface area contributed by atoms with Crippen molar-refractivity contribution >= 4 is 23.9 Å². The summed E-state index contributed by atoms with van der Waals surface area (Å²) in [6.45, 7) is 0. The van der Waals surface area contributed by atoms with E-state index in [0.29, 0.717) is 0 Å². The van der Waals surface area contributed by atoms with Crippen molar-refractivity contribution in [2.24, 2.45) is 5.73 Å². The molecule has 2 amide bonds. The van der Waals surface area contributed by atoms with Gasteiger partial charge in [0, 0.05) is 18.1 Å². The van der Waals surface area contributed by atoms with Crippen LogP contribution < -0.4 is 11.1 Å². The molecule has 0 bridgehead atoms. The van der Waals surface area contributed by atoms with E-state index >= 15 is 0 Å². The van der Waals surface area contributed by atoms with Crippen LogP contribution in [0, 0.1) is 5.82 Å². The van der Waals surface area contributed by atoms with Crippen molar-refractivity contribution in [2.45, 2.75) is 18.9 Å². The molecular formula is C14H15FN2O4. The number of benzene rings is 1. The van der Waals surface area contributed by atoms with Crippen molar-refractivity contribution in [3.8, 4) is 0 Å². The van der Waals surface area contributed by atoms with Gasteiger partial charge in [0.15, 0.2) is 0 Å². The standard InChI is InChI=1S/C14H15FN2O4/c15-10-4-2-1-3-9(10)5-8-13(19)17-11(14(20)21)6-7-12(16)18/h1-5,8,11H,6-7H2,(H2,16,18)(H,17,19)(H,20,21)/b8-5+/t11-/m0/s1. The Bertz CT molecular complexity index is 572. The average molecular weight is 294 g/mol. The van der Waals surface area contributed by atoms with Gasteiger partial charge in [-0.05, 0) is 18.6 Å². The highest BCUT2D eigenvalue weighted by Crippen LogP contribution is 2.08. The number of nitrogens with two attached hydrogens (primary N) is 1.